The molecular weight excluding hydrogens is 396 g/mol. The third kappa shape index (κ3) is 5.11. The second kappa shape index (κ2) is 9.93. The van der Waals surface area contributed by atoms with Gasteiger partial charge in [-0.1, -0.05) is 0 Å². The van der Waals surface area contributed by atoms with Crippen LogP contribution in [0.4, 0.5) is 11.4 Å². The van der Waals surface area contributed by atoms with Gasteiger partial charge in [0.15, 0.2) is 0 Å². The number of anilines is 2. The largest absolute Gasteiger partial charge is 0.395 e. The number of hydrogen-bond donors (Lipinski definition) is 2. The van der Waals surface area contributed by atoms with Crippen molar-refractivity contribution < 1.29 is 9.90 Å². The first kappa shape index (κ1) is 20.7. The molecule has 3 heterocycles. The van der Waals surface area contributed by atoms with E-state index in [2.05, 4.69) is 43.3 Å². The third-order valence-electron chi connectivity index (χ3n) is 5.60. The molecule has 158 valence electrons. The van der Waals surface area contributed by atoms with Crippen molar-refractivity contribution in [2.75, 3.05) is 49.5 Å². The van der Waals surface area contributed by atoms with Gasteiger partial charge in [-0.3, -0.25) is 9.69 Å². The number of piperazine rings is 1. The highest BCUT2D eigenvalue weighted by atomic mass is 32.1. The Morgan fingerprint density at radius 3 is 2.43 bits per heavy atom. The molecule has 2 aromatic heterocycles. The number of aromatic nitrogens is 1. The average molecular weight is 425 g/mol. The molecule has 1 atom stereocenters. The molecule has 0 unspecified atom stereocenters. The Balaban J connectivity index is 1.34. The zero-order valence-electron chi connectivity index (χ0n) is 17.0. The zero-order chi connectivity index (χ0) is 20.8. The van der Waals surface area contributed by atoms with E-state index >= 15 is 0 Å². The molecule has 0 saturated carbocycles. The molecule has 3 aromatic rings. The Kier molecular flexibility index (Phi) is 6.84. The Morgan fingerprint density at radius 2 is 1.80 bits per heavy atom. The van der Waals surface area contributed by atoms with Crippen molar-refractivity contribution >= 4 is 28.6 Å². The quantitative estimate of drug-likeness (QED) is 0.583. The zero-order valence-corrected chi connectivity index (χ0v) is 17.8. The van der Waals surface area contributed by atoms with E-state index < -0.39 is 0 Å². The van der Waals surface area contributed by atoms with Crippen LogP contribution in [-0.4, -0.2) is 59.8 Å². The van der Waals surface area contributed by atoms with Gasteiger partial charge >= 0.3 is 0 Å². The molecule has 1 aliphatic heterocycles. The number of aliphatic hydroxyl groups excluding tert-OH is 1. The summed E-state index contributed by atoms with van der Waals surface area (Å²) >= 11 is 1.65. The number of hydrogen-bond acceptors (Lipinski definition) is 5. The maximum atomic E-state index is 12.7. The molecule has 1 amide bonds. The summed E-state index contributed by atoms with van der Waals surface area (Å²) in [5.74, 6) is 0.00488. The molecule has 1 aliphatic rings. The number of carbonyl (C=O) groups excluding carboxylic acids is 1. The predicted molar refractivity (Wildman–Crippen MR) is 122 cm³/mol. The number of thiophene rings is 1. The van der Waals surface area contributed by atoms with Crippen LogP contribution in [0.3, 0.4) is 0 Å². The number of carbonyl (C=O) groups is 1. The summed E-state index contributed by atoms with van der Waals surface area (Å²) in [5.41, 5.74) is 3.14. The molecule has 1 saturated heterocycles. The standard InChI is InChI=1S/C23H28N4O2S/c28-15-14-25-10-12-26(13-11-25)21-5-3-20(4-6-21)24-23(29)17-22(19-7-16-30-18-19)27-8-1-2-9-27/h1-9,16,18,22,28H,10-15,17H2,(H,24,29)/t22-/m1/s1. The molecule has 0 bridgehead atoms. The number of nitrogens with one attached hydrogen (secondary N) is 1. The highest BCUT2D eigenvalue weighted by Gasteiger charge is 2.19. The Hall–Kier alpha value is -2.61. The van der Waals surface area contributed by atoms with Crippen LogP contribution in [0.15, 0.2) is 65.6 Å². The topological polar surface area (TPSA) is 60.7 Å². The Morgan fingerprint density at radius 1 is 1.07 bits per heavy atom. The van der Waals surface area contributed by atoms with Gasteiger partial charge in [0.2, 0.25) is 5.91 Å². The summed E-state index contributed by atoms with van der Waals surface area (Å²) in [4.78, 5) is 17.4. The number of nitrogens with zero attached hydrogens (tertiary/aromatic N) is 3. The van der Waals surface area contributed by atoms with Gasteiger partial charge in [-0.05, 0) is 58.8 Å². The van der Waals surface area contributed by atoms with Crippen LogP contribution < -0.4 is 10.2 Å². The van der Waals surface area contributed by atoms with Crippen molar-refractivity contribution in [1.29, 1.82) is 0 Å². The number of aliphatic hydroxyl groups is 1. The summed E-state index contributed by atoms with van der Waals surface area (Å²) in [6.07, 6.45) is 4.40. The maximum Gasteiger partial charge on any atom is 0.226 e. The first-order valence-electron chi connectivity index (χ1n) is 10.4. The van der Waals surface area contributed by atoms with Crippen LogP contribution in [0.25, 0.3) is 0 Å². The van der Waals surface area contributed by atoms with E-state index in [1.165, 1.54) is 5.69 Å². The maximum absolute atomic E-state index is 12.7. The molecule has 0 aliphatic carbocycles. The van der Waals surface area contributed by atoms with E-state index in [1.54, 1.807) is 11.3 Å². The van der Waals surface area contributed by atoms with Crippen LogP contribution >= 0.6 is 11.3 Å². The second-order valence-corrected chi connectivity index (χ2v) is 8.33. The summed E-state index contributed by atoms with van der Waals surface area (Å²) in [7, 11) is 0. The predicted octanol–water partition coefficient (Wildman–Crippen LogP) is 3.28. The van der Waals surface area contributed by atoms with Gasteiger partial charge in [-0.15, -0.1) is 0 Å². The molecule has 0 radical (unpaired) electrons. The fourth-order valence-electron chi connectivity index (χ4n) is 3.93. The average Bonchev–Trinajstić information content (AvgIpc) is 3.48. The van der Waals surface area contributed by atoms with Gasteiger partial charge in [-0.25, -0.2) is 0 Å². The minimum absolute atomic E-state index is 0.000685. The van der Waals surface area contributed by atoms with Gasteiger partial charge in [0.05, 0.1) is 19.1 Å². The Bertz CT molecular complexity index is 867. The van der Waals surface area contributed by atoms with Gasteiger partial charge in [0.1, 0.15) is 0 Å². The van der Waals surface area contributed by atoms with Gasteiger partial charge in [0, 0.05) is 56.5 Å². The van der Waals surface area contributed by atoms with Crippen molar-refractivity contribution in [3.63, 3.8) is 0 Å². The lowest BCUT2D eigenvalue weighted by Crippen LogP contribution is -2.47. The summed E-state index contributed by atoms with van der Waals surface area (Å²) in [6, 6.07) is 14.1. The molecule has 1 aromatic carbocycles. The molecule has 2 N–H and O–H groups in total. The number of amides is 1. The normalized spacial score (nSPS) is 15.8. The summed E-state index contributed by atoms with van der Waals surface area (Å²) in [5, 5.41) is 16.3. The third-order valence-corrected chi connectivity index (χ3v) is 6.30. The minimum Gasteiger partial charge on any atom is -0.395 e. The van der Waals surface area contributed by atoms with Gasteiger partial charge in [0.25, 0.3) is 0 Å². The van der Waals surface area contributed by atoms with Crippen molar-refractivity contribution in [2.24, 2.45) is 0 Å². The second-order valence-electron chi connectivity index (χ2n) is 7.55. The molecule has 6 nitrogen and oxygen atoms in total. The van der Waals surface area contributed by atoms with Crippen LogP contribution in [0.2, 0.25) is 0 Å². The van der Waals surface area contributed by atoms with E-state index in [0.717, 1.165) is 44.0 Å². The lowest BCUT2D eigenvalue weighted by Gasteiger charge is -2.35. The lowest BCUT2D eigenvalue weighted by molar-refractivity contribution is -0.116. The minimum atomic E-state index is 0.000685. The van der Waals surface area contributed by atoms with Gasteiger partial charge in [-0.2, -0.15) is 11.3 Å². The van der Waals surface area contributed by atoms with Crippen LogP contribution in [0.5, 0.6) is 0 Å². The number of β-amino-alcohol motifs (C(OH)–C–C–N with tert-alkyl or cyclic N) is 1. The van der Waals surface area contributed by atoms with Crippen LogP contribution in [0, 0.1) is 0 Å². The fraction of sp³-hybridized carbons (Fsp3) is 0.348. The van der Waals surface area contributed by atoms with E-state index in [1.807, 2.05) is 42.0 Å². The van der Waals surface area contributed by atoms with Crippen molar-refractivity contribution in [1.82, 2.24) is 9.47 Å². The van der Waals surface area contributed by atoms with E-state index in [-0.39, 0.29) is 18.6 Å². The van der Waals surface area contributed by atoms with E-state index in [4.69, 9.17) is 5.11 Å². The van der Waals surface area contributed by atoms with E-state index in [0.29, 0.717) is 6.42 Å². The summed E-state index contributed by atoms with van der Waals surface area (Å²) in [6.45, 7) is 4.78. The molecule has 0 spiro atoms. The highest BCUT2D eigenvalue weighted by Crippen LogP contribution is 2.26. The van der Waals surface area contributed by atoms with Gasteiger partial charge < -0.3 is 19.9 Å². The smallest absolute Gasteiger partial charge is 0.226 e. The first-order valence-corrected chi connectivity index (χ1v) is 11.3. The molecule has 4 rings (SSSR count). The van der Waals surface area contributed by atoms with Crippen molar-refractivity contribution in [2.45, 2.75) is 12.5 Å². The SMILES string of the molecule is O=C(C[C@H](c1ccsc1)n1cccc1)Nc1ccc(N2CCN(CCO)CC2)cc1. The van der Waals surface area contributed by atoms with Crippen molar-refractivity contribution in [3.05, 3.63) is 71.2 Å². The molecular formula is C23H28N4O2S. The Labute approximate surface area is 181 Å². The van der Waals surface area contributed by atoms with Crippen LogP contribution in [0.1, 0.15) is 18.0 Å². The molecule has 1 fully saturated rings. The monoisotopic (exact) mass is 424 g/mol. The highest BCUT2D eigenvalue weighted by molar-refractivity contribution is 7.08. The fourth-order valence-corrected chi connectivity index (χ4v) is 4.64. The lowest BCUT2D eigenvalue weighted by atomic mass is 10.1. The molecule has 7 heteroatoms. The van der Waals surface area contributed by atoms with Crippen molar-refractivity contribution in [3.8, 4) is 0 Å². The molecule has 30 heavy (non-hydrogen) atoms. The summed E-state index contributed by atoms with van der Waals surface area (Å²) < 4.78 is 2.08. The van der Waals surface area contributed by atoms with Crippen LogP contribution in [-0.2, 0) is 4.79 Å². The van der Waals surface area contributed by atoms with E-state index in [9.17, 15) is 4.79 Å². The number of rotatable bonds is 8. The number of benzene rings is 1. The first-order chi connectivity index (χ1) is 14.7.